The molecule has 19 heavy (non-hydrogen) atoms. The first-order valence-electron chi connectivity index (χ1n) is 6.53. The van der Waals surface area contributed by atoms with Crippen LogP contribution in [-0.4, -0.2) is 9.55 Å². The van der Waals surface area contributed by atoms with E-state index in [0.717, 1.165) is 37.1 Å². The summed E-state index contributed by atoms with van der Waals surface area (Å²) in [5.74, 6) is 0.329. The van der Waals surface area contributed by atoms with Crippen molar-refractivity contribution >= 4 is 34.2 Å². The van der Waals surface area contributed by atoms with Gasteiger partial charge < -0.3 is 4.57 Å². The van der Waals surface area contributed by atoms with Crippen molar-refractivity contribution in [3.8, 4) is 0 Å². The molecule has 0 saturated carbocycles. The second kappa shape index (κ2) is 6.10. The molecule has 1 heterocycles. The number of aryl methyl sites for hydroxylation is 1. The van der Waals surface area contributed by atoms with Crippen molar-refractivity contribution in [3.05, 3.63) is 28.8 Å². The Labute approximate surface area is 122 Å². The molecule has 1 aromatic carbocycles. The van der Waals surface area contributed by atoms with E-state index in [4.69, 9.17) is 23.2 Å². The highest BCUT2D eigenvalue weighted by Gasteiger charge is 2.16. The Bertz CT molecular complexity index is 578. The van der Waals surface area contributed by atoms with Crippen LogP contribution in [0.4, 0.5) is 4.39 Å². The van der Waals surface area contributed by atoms with Gasteiger partial charge in [-0.05, 0) is 19.4 Å². The van der Waals surface area contributed by atoms with Crippen LogP contribution in [0.2, 0.25) is 5.02 Å². The highest BCUT2D eigenvalue weighted by atomic mass is 35.5. The minimum Gasteiger partial charge on any atom is -0.327 e. The molecule has 0 spiro atoms. The smallest absolute Gasteiger partial charge is 0.144 e. The fourth-order valence-corrected chi connectivity index (χ4v) is 2.52. The highest BCUT2D eigenvalue weighted by molar-refractivity contribution is 6.31. The van der Waals surface area contributed by atoms with E-state index in [1.807, 2.05) is 11.5 Å². The Balaban J connectivity index is 2.49. The van der Waals surface area contributed by atoms with Gasteiger partial charge in [0.1, 0.15) is 11.6 Å². The topological polar surface area (TPSA) is 17.8 Å². The van der Waals surface area contributed by atoms with Gasteiger partial charge in [-0.15, -0.1) is 11.6 Å². The van der Waals surface area contributed by atoms with E-state index in [1.165, 1.54) is 6.07 Å². The Morgan fingerprint density at radius 2 is 2.11 bits per heavy atom. The molecule has 0 radical (unpaired) electrons. The zero-order chi connectivity index (χ0) is 14.0. The number of nitrogens with zero attached hydrogens (tertiary/aromatic N) is 2. The number of imidazole rings is 1. The minimum absolute atomic E-state index is 0.123. The fourth-order valence-electron chi connectivity index (χ4n) is 2.20. The summed E-state index contributed by atoms with van der Waals surface area (Å²) in [6.45, 7) is 4.86. The van der Waals surface area contributed by atoms with Gasteiger partial charge in [0.25, 0.3) is 0 Å². The summed E-state index contributed by atoms with van der Waals surface area (Å²) >= 11 is 12.0. The van der Waals surface area contributed by atoms with Crippen LogP contribution in [0, 0.1) is 5.82 Å². The summed E-state index contributed by atoms with van der Waals surface area (Å²) in [6.07, 6.45) is 3.34. The van der Waals surface area contributed by atoms with Crippen molar-refractivity contribution in [2.45, 2.75) is 45.0 Å². The summed E-state index contributed by atoms with van der Waals surface area (Å²) in [5.41, 5.74) is 1.46. The van der Waals surface area contributed by atoms with Crippen LogP contribution in [0.15, 0.2) is 12.1 Å². The molecule has 1 aromatic heterocycles. The summed E-state index contributed by atoms with van der Waals surface area (Å²) < 4.78 is 15.5. The molecule has 5 heteroatoms. The van der Waals surface area contributed by atoms with E-state index in [2.05, 4.69) is 11.9 Å². The van der Waals surface area contributed by atoms with Crippen molar-refractivity contribution < 1.29 is 4.39 Å². The molecule has 2 aromatic rings. The monoisotopic (exact) mass is 302 g/mol. The van der Waals surface area contributed by atoms with Gasteiger partial charge in [-0.1, -0.05) is 31.4 Å². The summed E-state index contributed by atoms with van der Waals surface area (Å²) in [4.78, 5) is 4.43. The van der Waals surface area contributed by atoms with E-state index in [1.54, 1.807) is 6.07 Å². The maximum Gasteiger partial charge on any atom is 0.144 e. The maximum atomic E-state index is 13.5. The highest BCUT2D eigenvalue weighted by Crippen LogP contribution is 2.28. The van der Waals surface area contributed by atoms with Gasteiger partial charge in [0.15, 0.2) is 0 Å². The number of aromatic nitrogens is 2. The second-order valence-corrected chi connectivity index (χ2v) is 5.76. The lowest BCUT2D eigenvalue weighted by Gasteiger charge is -2.10. The molecular weight excluding hydrogens is 286 g/mol. The Morgan fingerprint density at radius 3 is 2.74 bits per heavy atom. The van der Waals surface area contributed by atoms with Gasteiger partial charge >= 0.3 is 0 Å². The Hall–Kier alpha value is -0.800. The summed E-state index contributed by atoms with van der Waals surface area (Å²) in [7, 11) is 0. The number of benzene rings is 1. The van der Waals surface area contributed by atoms with E-state index < -0.39 is 5.82 Å². The number of alkyl halides is 1. The third kappa shape index (κ3) is 3.03. The lowest BCUT2D eigenvalue weighted by molar-refractivity contribution is 0.591. The molecule has 0 bridgehead atoms. The van der Waals surface area contributed by atoms with Gasteiger partial charge in [0.05, 0.1) is 21.4 Å². The lowest BCUT2D eigenvalue weighted by Crippen LogP contribution is -2.04. The standard InChI is InChI=1S/C14H17Cl2FN2/c1-3-4-5-6-19-13-7-10(16)11(17)8-12(13)18-14(19)9(2)15/h7-9H,3-6H2,1-2H3. The van der Waals surface area contributed by atoms with Gasteiger partial charge in [-0.3, -0.25) is 0 Å². The number of hydrogen-bond acceptors (Lipinski definition) is 1. The zero-order valence-electron chi connectivity index (χ0n) is 11.1. The molecule has 0 fully saturated rings. The number of unbranched alkanes of at least 4 members (excludes halogenated alkanes) is 2. The normalized spacial score (nSPS) is 13.1. The summed E-state index contributed by atoms with van der Waals surface area (Å²) in [6, 6.07) is 3.00. The molecule has 2 rings (SSSR count). The fraction of sp³-hybridized carbons (Fsp3) is 0.500. The van der Waals surface area contributed by atoms with Gasteiger partial charge in [-0.2, -0.15) is 0 Å². The van der Waals surface area contributed by atoms with Crippen molar-refractivity contribution in [1.82, 2.24) is 9.55 Å². The first-order chi connectivity index (χ1) is 9.04. The molecule has 2 nitrogen and oxygen atoms in total. The predicted octanol–water partition coefficient (Wildman–Crippen LogP) is 5.32. The van der Waals surface area contributed by atoms with Crippen molar-refractivity contribution in [3.63, 3.8) is 0 Å². The zero-order valence-corrected chi connectivity index (χ0v) is 12.6. The number of hydrogen-bond donors (Lipinski definition) is 0. The quantitative estimate of drug-likeness (QED) is 0.540. The van der Waals surface area contributed by atoms with Crippen LogP contribution < -0.4 is 0 Å². The third-order valence-electron chi connectivity index (χ3n) is 3.16. The van der Waals surface area contributed by atoms with Crippen LogP contribution in [-0.2, 0) is 6.54 Å². The minimum atomic E-state index is -0.443. The predicted molar refractivity (Wildman–Crippen MR) is 78.5 cm³/mol. The molecular formula is C14H17Cl2FN2. The molecule has 0 N–H and O–H groups in total. The van der Waals surface area contributed by atoms with Gasteiger partial charge in [0, 0.05) is 12.6 Å². The van der Waals surface area contributed by atoms with Crippen molar-refractivity contribution in [1.29, 1.82) is 0 Å². The van der Waals surface area contributed by atoms with Crippen LogP contribution >= 0.6 is 23.2 Å². The molecule has 1 unspecified atom stereocenters. The van der Waals surface area contributed by atoms with E-state index in [0.29, 0.717) is 5.52 Å². The van der Waals surface area contributed by atoms with E-state index >= 15 is 0 Å². The largest absolute Gasteiger partial charge is 0.327 e. The summed E-state index contributed by atoms with van der Waals surface area (Å²) in [5, 5.41) is -0.0891. The van der Waals surface area contributed by atoms with Crippen LogP contribution in [0.3, 0.4) is 0 Å². The van der Waals surface area contributed by atoms with E-state index in [9.17, 15) is 4.39 Å². The molecule has 1 atom stereocenters. The molecule has 104 valence electrons. The molecule has 0 amide bonds. The first kappa shape index (κ1) is 14.6. The molecule has 0 aliphatic rings. The average molecular weight is 303 g/mol. The first-order valence-corrected chi connectivity index (χ1v) is 7.35. The third-order valence-corrected chi connectivity index (χ3v) is 3.65. The maximum absolute atomic E-state index is 13.5. The van der Waals surface area contributed by atoms with Gasteiger partial charge in [-0.25, -0.2) is 9.37 Å². The molecule has 0 aliphatic carbocycles. The van der Waals surface area contributed by atoms with Crippen molar-refractivity contribution in [2.75, 3.05) is 0 Å². The average Bonchev–Trinajstić information content (AvgIpc) is 2.69. The number of fused-ring (bicyclic) bond motifs is 1. The van der Waals surface area contributed by atoms with Gasteiger partial charge in [0.2, 0.25) is 0 Å². The molecule has 0 saturated heterocycles. The Kier molecular flexibility index (Phi) is 4.69. The molecule has 0 aliphatic heterocycles. The van der Waals surface area contributed by atoms with E-state index in [-0.39, 0.29) is 10.4 Å². The van der Waals surface area contributed by atoms with Crippen molar-refractivity contribution in [2.24, 2.45) is 0 Å². The second-order valence-electron chi connectivity index (χ2n) is 4.70. The Morgan fingerprint density at radius 1 is 1.37 bits per heavy atom. The number of rotatable bonds is 5. The van der Waals surface area contributed by atoms with Crippen LogP contribution in [0.5, 0.6) is 0 Å². The van der Waals surface area contributed by atoms with Crippen LogP contribution in [0.1, 0.15) is 44.3 Å². The lowest BCUT2D eigenvalue weighted by atomic mass is 10.2. The number of halogens is 3. The van der Waals surface area contributed by atoms with Crippen LogP contribution in [0.25, 0.3) is 11.0 Å². The SMILES string of the molecule is CCCCCn1c(C(C)Cl)nc2cc(F)c(Cl)cc21.